The molecule has 3 nitrogen and oxygen atoms in total. The molecule has 0 radical (unpaired) electrons. The predicted octanol–water partition coefficient (Wildman–Crippen LogP) is 1.57. The van der Waals surface area contributed by atoms with E-state index in [1.807, 2.05) is 6.92 Å². The van der Waals surface area contributed by atoms with Crippen molar-refractivity contribution in [1.82, 2.24) is 4.90 Å². The molecule has 1 unspecified atom stereocenters. The van der Waals surface area contributed by atoms with E-state index >= 15 is 0 Å². The quantitative estimate of drug-likeness (QED) is 0.822. The molecule has 3 heteroatoms. The predicted molar refractivity (Wildman–Crippen MR) is 67.2 cm³/mol. The molecular weight excluding hydrogens is 200 g/mol. The van der Waals surface area contributed by atoms with Gasteiger partial charge in [-0.15, -0.1) is 0 Å². The monoisotopic (exact) mass is 222 g/mol. The van der Waals surface area contributed by atoms with Crippen molar-refractivity contribution in [3.8, 4) is 0 Å². The van der Waals surface area contributed by atoms with E-state index in [2.05, 4.69) is 43.3 Å². The first-order valence-electron chi connectivity index (χ1n) is 5.51. The Labute approximate surface area is 98.2 Å². The first-order valence-corrected chi connectivity index (χ1v) is 5.51. The molecule has 0 saturated carbocycles. The number of benzene rings is 1. The molecule has 0 spiro atoms. The van der Waals surface area contributed by atoms with Gasteiger partial charge < -0.3 is 15.4 Å². The molecule has 1 atom stereocenters. The smallest absolute Gasteiger partial charge is 0.102 e. The van der Waals surface area contributed by atoms with Gasteiger partial charge in [0.2, 0.25) is 0 Å². The van der Waals surface area contributed by atoms with E-state index in [1.165, 1.54) is 5.56 Å². The summed E-state index contributed by atoms with van der Waals surface area (Å²) in [6.07, 6.45) is 0. The van der Waals surface area contributed by atoms with E-state index in [0.717, 1.165) is 12.1 Å². The van der Waals surface area contributed by atoms with Gasteiger partial charge in [0.05, 0.1) is 0 Å². The minimum absolute atomic E-state index is 0.387. The number of methoxy groups -OCH3 is 1. The fourth-order valence-corrected chi connectivity index (χ4v) is 1.68. The molecular formula is C13H22N2O. The highest BCUT2D eigenvalue weighted by Gasteiger charge is 2.24. The summed E-state index contributed by atoms with van der Waals surface area (Å²) >= 11 is 0. The molecule has 1 aromatic carbocycles. The van der Waals surface area contributed by atoms with Gasteiger partial charge in [0.25, 0.3) is 0 Å². The van der Waals surface area contributed by atoms with Crippen LogP contribution in [0.4, 0.5) is 0 Å². The lowest BCUT2D eigenvalue weighted by molar-refractivity contribution is 0.00999. The van der Waals surface area contributed by atoms with Crippen molar-refractivity contribution in [2.75, 3.05) is 27.7 Å². The molecule has 0 fully saturated rings. The van der Waals surface area contributed by atoms with Crippen molar-refractivity contribution in [3.63, 3.8) is 0 Å². The standard InChI is InChI=1S/C13H22N2O/c1-13(10-14,16-4)12-7-5-6-11(8-12)9-15(2)3/h5-8H,9-10,14H2,1-4H3. The maximum Gasteiger partial charge on any atom is 0.102 e. The Hall–Kier alpha value is -0.900. The van der Waals surface area contributed by atoms with Gasteiger partial charge in [-0.1, -0.05) is 24.3 Å². The van der Waals surface area contributed by atoms with Crippen LogP contribution in [0, 0.1) is 0 Å². The molecule has 16 heavy (non-hydrogen) atoms. The highest BCUT2D eigenvalue weighted by atomic mass is 16.5. The lowest BCUT2D eigenvalue weighted by Gasteiger charge is -2.27. The van der Waals surface area contributed by atoms with Crippen molar-refractivity contribution in [3.05, 3.63) is 35.4 Å². The van der Waals surface area contributed by atoms with Crippen LogP contribution in [-0.4, -0.2) is 32.6 Å². The Morgan fingerprint density at radius 3 is 2.56 bits per heavy atom. The summed E-state index contributed by atoms with van der Waals surface area (Å²) in [5, 5.41) is 0. The molecule has 0 amide bonds. The molecule has 1 rings (SSSR count). The molecule has 0 bridgehead atoms. The van der Waals surface area contributed by atoms with E-state index in [1.54, 1.807) is 7.11 Å². The fraction of sp³-hybridized carbons (Fsp3) is 0.538. The second-order valence-electron chi connectivity index (χ2n) is 4.58. The highest BCUT2D eigenvalue weighted by Crippen LogP contribution is 2.24. The summed E-state index contributed by atoms with van der Waals surface area (Å²) < 4.78 is 5.49. The van der Waals surface area contributed by atoms with Crippen molar-refractivity contribution in [2.24, 2.45) is 5.73 Å². The third-order valence-electron chi connectivity index (χ3n) is 2.88. The molecule has 0 heterocycles. The van der Waals surface area contributed by atoms with E-state index < -0.39 is 0 Å². The Kier molecular flexibility index (Phi) is 4.47. The maximum atomic E-state index is 5.77. The van der Waals surface area contributed by atoms with Crippen LogP contribution in [0.5, 0.6) is 0 Å². The number of nitrogens with zero attached hydrogens (tertiary/aromatic N) is 1. The summed E-state index contributed by atoms with van der Waals surface area (Å²) in [6, 6.07) is 8.41. The Morgan fingerprint density at radius 2 is 2.06 bits per heavy atom. The van der Waals surface area contributed by atoms with Gasteiger partial charge >= 0.3 is 0 Å². The third-order valence-corrected chi connectivity index (χ3v) is 2.88. The molecule has 0 aliphatic rings. The van der Waals surface area contributed by atoms with Crippen LogP contribution in [0.15, 0.2) is 24.3 Å². The van der Waals surface area contributed by atoms with Crippen molar-refractivity contribution in [1.29, 1.82) is 0 Å². The van der Waals surface area contributed by atoms with Crippen LogP contribution in [0.1, 0.15) is 18.1 Å². The lowest BCUT2D eigenvalue weighted by Crippen LogP contribution is -2.33. The zero-order chi connectivity index (χ0) is 12.2. The molecule has 0 saturated heterocycles. The second-order valence-corrected chi connectivity index (χ2v) is 4.58. The number of nitrogens with two attached hydrogens (primary N) is 1. The SMILES string of the molecule is COC(C)(CN)c1cccc(CN(C)C)c1. The van der Waals surface area contributed by atoms with Gasteiger partial charge in [0, 0.05) is 20.2 Å². The minimum Gasteiger partial charge on any atom is -0.372 e. The second kappa shape index (κ2) is 5.43. The molecule has 0 aromatic heterocycles. The van der Waals surface area contributed by atoms with Gasteiger partial charge in [-0.2, -0.15) is 0 Å². The minimum atomic E-state index is -0.387. The normalized spacial score (nSPS) is 15.1. The van der Waals surface area contributed by atoms with E-state index in [4.69, 9.17) is 10.5 Å². The molecule has 0 aliphatic heterocycles. The molecule has 90 valence electrons. The summed E-state index contributed by atoms with van der Waals surface area (Å²) in [4.78, 5) is 2.14. The first-order chi connectivity index (χ1) is 7.51. The summed E-state index contributed by atoms with van der Waals surface area (Å²) in [6.45, 7) is 3.43. The molecule has 1 aromatic rings. The van der Waals surface area contributed by atoms with Gasteiger partial charge in [-0.25, -0.2) is 0 Å². The average Bonchev–Trinajstić information content (AvgIpc) is 2.27. The van der Waals surface area contributed by atoms with Crippen LogP contribution in [0.3, 0.4) is 0 Å². The molecule has 2 N–H and O–H groups in total. The van der Waals surface area contributed by atoms with Gasteiger partial charge in [0.1, 0.15) is 5.60 Å². The largest absolute Gasteiger partial charge is 0.372 e. The zero-order valence-corrected chi connectivity index (χ0v) is 10.7. The average molecular weight is 222 g/mol. The topological polar surface area (TPSA) is 38.5 Å². The Balaban J connectivity index is 2.97. The van der Waals surface area contributed by atoms with Crippen LogP contribution in [0.25, 0.3) is 0 Å². The van der Waals surface area contributed by atoms with E-state index in [9.17, 15) is 0 Å². The Bertz CT molecular complexity index is 332. The van der Waals surface area contributed by atoms with Crippen LogP contribution in [-0.2, 0) is 16.9 Å². The van der Waals surface area contributed by atoms with Crippen molar-refractivity contribution in [2.45, 2.75) is 19.1 Å². The highest BCUT2D eigenvalue weighted by molar-refractivity contribution is 5.28. The van der Waals surface area contributed by atoms with Crippen molar-refractivity contribution >= 4 is 0 Å². The maximum absolute atomic E-state index is 5.77. The zero-order valence-electron chi connectivity index (χ0n) is 10.7. The van der Waals surface area contributed by atoms with Gasteiger partial charge in [-0.05, 0) is 32.1 Å². The van der Waals surface area contributed by atoms with Crippen LogP contribution in [0.2, 0.25) is 0 Å². The van der Waals surface area contributed by atoms with E-state index in [-0.39, 0.29) is 5.60 Å². The van der Waals surface area contributed by atoms with Crippen LogP contribution >= 0.6 is 0 Å². The van der Waals surface area contributed by atoms with Gasteiger partial charge in [0.15, 0.2) is 0 Å². The van der Waals surface area contributed by atoms with Crippen LogP contribution < -0.4 is 5.73 Å². The van der Waals surface area contributed by atoms with Crippen molar-refractivity contribution < 1.29 is 4.74 Å². The summed E-state index contributed by atoms with van der Waals surface area (Å²) in [5.74, 6) is 0. The Morgan fingerprint density at radius 1 is 1.38 bits per heavy atom. The number of rotatable bonds is 5. The first kappa shape index (κ1) is 13.2. The third kappa shape index (κ3) is 3.04. The summed E-state index contributed by atoms with van der Waals surface area (Å²) in [7, 11) is 5.82. The van der Waals surface area contributed by atoms with Gasteiger partial charge in [-0.3, -0.25) is 0 Å². The number of hydrogen-bond acceptors (Lipinski definition) is 3. The number of hydrogen-bond donors (Lipinski definition) is 1. The fourth-order valence-electron chi connectivity index (χ4n) is 1.68. The summed E-state index contributed by atoms with van der Waals surface area (Å²) in [5.41, 5.74) is 7.79. The lowest BCUT2D eigenvalue weighted by atomic mass is 9.94. The number of ether oxygens (including phenoxy) is 1. The molecule has 0 aliphatic carbocycles. The van der Waals surface area contributed by atoms with E-state index in [0.29, 0.717) is 6.54 Å².